The molecule has 0 radical (unpaired) electrons. The minimum atomic E-state index is -5.00. The number of rotatable bonds is 3. The van der Waals surface area contributed by atoms with Crippen LogP contribution in [0.2, 0.25) is 0 Å². The molecule has 0 aliphatic heterocycles. The lowest BCUT2D eigenvalue weighted by molar-refractivity contribution is -0.275. The molecule has 0 saturated carbocycles. The summed E-state index contributed by atoms with van der Waals surface area (Å²) in [4.78, 5) is 0. The summed E-state index contributed by atoms with van der Waals surface area (Å²) in [5.41, 5.74) is 0. The van der Waals surface area contributed by atoms with Crippen LogP contribution < -0.4 is 9.47 Å². The van der Waals surface area contributed by atoms with Crippen LogP contribution in [0.25, 0.3) is 0 Å². The molecule has 0 atom stereocenters. The van der Waals surface area contributed by atoms with Crippen molar-refractivity contribution >= 4 is 31.9 Å². The van der Waals surface area contributed by atoms with E-state index in [0.717, 1.165) is 6.07 Å². The van der Waals surface area contributed by atoms with E-state index in [-0.39, 0.29) is 8.95 Å². The fourth-order valence-electron chi connectivity index (χ4n) is 0.935. The fourth-order valence-corrected chi connectivity index (χ4v) is 2.20. The molecule has 0 saturated heterocycles. The van der Waals surface area contributed by atoms with Gasteiger partial charge in [-0.1, -0.05) is 15.9 Å². The van der Waals surface area contributed by atoms with Crippen LogP contribution in [-0.4, -0.2) is 13.0 Å². The maximum atomic E-state index is 12.0. The number of hydrogen-bond donors (Lipinski definition) is 0. The zero-order chi connectivity index (χ0) is 13.2. The van der Waals surface area contributed by atoms with Gasteiger partial charge in [-0.2, -0.15) is 8.78 Å². The van der Waals surface area contributed by atoms with Crippen LogP contribution in [0.5, 0.6) is 11.5 Å². The quantitative estimate of drug-likeness (QED) is 0.701. The Morgan fingerprint density at radius 1 is 1.12 bits per heavy atom. The molecule has 2 nitrogen and oxygen atoms in total. The van der Waals surface area contributed by atoms with Crippen LogP contribution in [0, 0.1) is 0 Å². The molecule has 0 aliphatic carbocycles. The topological polar surface area (TPSA) is 18.5 Å². The maximum absolute atomic E-state index is 12.0. The predicted octanol–water partition coefficient (Wildman–Crippen LogP) is 4.71. The number of benzene rings is 1. The SMILES string of the molecule is FC(F)Oc1cc(Br)cc(Br)c1OC(F)(F)F. The first-order valence-corrected chi connectivity index (χ1v) is 5.47. The molecule has 9 heteroatoms. The van der Waals surface area contributed by atoms with Gasteiger partial charge in [-0.05, 0) is 28.1 Å². The van der Waals surface area contributed by atoms with Crippen molar-refractivity contribution in [3.05, 3.63) is 21.1 Å². The summed E-state index contributed by atoms with van der Waals surface area (Å²) in [5, 5.41) is 0. The van der Waals surface area contributed by atoms with Gasteiger partial charge in [0.25, 0.3) is 0 Å². The fraction of sp³-hybridized carbons (Fsp3) is 0.250. The number of hydrogen-bond acceptors (Lipinski definition) is 2. The van der Waals surface area contributed by atoms with Crippen LogP contribution in [0.3, 0.4) is 0 Å². The zero-order valence-electron chi connectivity index (χ0n) is 7.69. The van der Waals surface area contributed by atoms with Gasteiger partial charge >= 0.3 is 13.0 Å². The molecule has 17 heavy (non-hydrogen) atoms. The van der Waals surface area contributed by atoms with Crippen molar-refractivity contribution < 1.29 is 31.4 Å². The average molecular weight is 386 g/mol. The van der Waals surface area contributed by atoms with Gasteiger partial charge in [0.15, 0.2) is 11.5 Å². The molecular formula is C8H3Br2F5O2. The summed E-state index contributed by atoms with van der Waals surface area (Å²) in [7, 11) is 0. The van der Waals surface area contributed by atoms with E-state index in [9.17, 15) is 22.0 Å². The first kappa shape index (κ1) is 14.5. The van der Waals surface area contributed by atoms with Gasteiger partial charge in [0.1, 0.15) is 0 Å². The third-order valence-electron chi connectivity index (χ3n) is 1.41. The minimum Gasteiger partial charge on any atom is -0.431 e. The Bertz CT molecular complexity index is 408. The molecule has 0 aliphatic rings. The van der Waals surface area contributed by atoms with Crippen LogP contribution in [0.15, 0.2) is 21.1 Å². The van der Waals surface area contributed by atoms with Gasteiger partial charge in [0, 0.05) is 4.47 Å². The standard InChI is InChI=1S/C8H3Br2F5O2/c9-3-1-4(10)6(17-8(13,14)15)5(2-3)16-7(11)12/h1-2,7H. The van der Waals surface area contributed by atoms with Crippen molar-refractivity contribution in [1.29, 1.82) is 0 Å². The van der Waals surface area contributed by atoms with Crippen molar-refractivity contribution in [3.63, 3.8) is 0 Å². The van der Waals surface area contributed by atoms with E-state index in [1.807, 2.05) is 0 Å². The van der Waals surface area contributed by atoms with Crippen molar-refractivity contribution in [3.8, 4) is 11.5 Å². The Labute approximate surface area is 109 Å². The number of halogens is 7. The van der Waals surface area contributed by atoms with Crippen molar-refractivity contribution in [1.82, 2.24) is 0 Å². The lowest BCUT2D eigenvalue weighted by Crippen LogP contribution is -2.18. The molecule has 0 unspecified atom stereocenters. The highest BCUT2D eigenvalue weighted by Crippen LogP contribution is 2.41. The summed E-state index contributed by atoms with van der Waals surface area (Å²) < 4.78 is 67.8. The third kappa shape index (κ3) is 4.66. The molecule has 0 fully saturated rings. The zero-order valence-corrected chi connectivity index (χ0v) is 10.9. The summed E-state index contributed by atoms with van der Waals surface area (Å²) >= 11 is 5.69. The molecule has 96 valence electrons. The third-order valence-corrected chi connectivity index (χ3v) is 2.46. The number of ether oxygens (including phenoxy) is 2. The monoisotopic (exact) mass is 384 g/mol. The van der Waals surface area contributed by atoms with E-state index < -0.39 is 24.5 Å². The van der Waals surface area contributed by atoms with E-state index in [1.54, 1.807) is 0 Å². The second-order valence-electron chi connectivity index (χ2n) is 2.64. The van der Waals surface area contributed by atoms with Gasteiger partial charge in [-0.15, -0.1) is 13.2 Å². The Morgan fingerprint density at radius 3 is 2.18 bits per heavy atom. The molecule has 0 N–H and O–H groups in total. The Hall–Kier alpha value is -0.570. The highest BCUT2D eigenvalue weighted by atomic mass is 79.9. The Morgan fingerprint density at radius 2 is 1.71 bits per heavy atom. The van der Waals surface area contributed by atoms with E-state index in [1.165, 1.54) is 6.07 Å². The van der Waals surface area contributed by atoms with E-state index in [2.05, 4.69) is 41.3 Å². The van der Waals surface area contributed by atoms with Crippen molar-refractivity contribution in [2.24, 2.45) is 0 Å². The van der Waals surface area contributed by atoms with Crippen LogP contribution in [-0.2, 0) is 0 Å². The first-order chi connectivity index (χ1) is 7.69. The van der Waals surface area contributed by atoms with Crippen molar-refractivity contribution in [2.45, 2.75) is 13.0 Å². The van der Waals surface area contributed by atoms with Crippen LogP contribution in [0.1, 0.15) is 0 Å². The summed E-state index contributed by atoms with van der Waals surface area (Å²) in [6, 6.07) is 2.15. The van der Waals surface area contributed by atoms with E-state index >= 15 is 0 Å². The smallest absolute Gasteiger partial charge is 0.431 e. The molecule has 1 aromatic rings. The normalized spacial score (nSPS) is 11.8. The largest absolute Gasteiger partial charge is 0.573 e. The Kier molecular flexibility index (Phi) is 4.59. The maximum Gasteiger partial charge on any atom is 0.573 e. The highest BCUT2D eigenvalue weighted by molar-refractivity contribution is 9.11. The average Bonchev–Trinajstić information content (AvgIpc) is 2.08. The molecule has 0 heterocycles. The predicted molar refractivity (Wildman–Crippen MR) is 55.2 cm³/mol. The Balaban J connectivity index is 3.16. The summed E-state index contributed by atoms with van der Waals surface area (Å²) in [5.74, 6) is -1.58. The van der Waals surface area contributed by atoms with Gasteiger partial charge in [-0.3, -0.25) is 0 Å². The molecule has 0 bridgehead atoms. The summed E-state index contributed by atoms with van der Waals surface area (Å²) in [6.07, 6.45) is -5.00. The highest BCUT2D eigenvalue weighted by Gasteiger charge is 2.34. The minimum absolute atomic E-state index is 0.167. The van der Waals surface area contributed by atoms with E-state index in [0.29, 0.717) is 0 Å². The number of alkyl halides is 5. The van der Waals surface area contributed by atoms with Gasteiger partial charge in [-0.25, -0.2) is 0 Å². The molecule has 0 aromatic heterocycles. The molecular weight excluding hydrogens is 383 g/mol. The van der Waals surface area contributed by atoms with Crippen LogP contribution in [0.4, 0.5) is 22.0 Å². The van der Waals surface area contributed by atoms with Crippen molar-refractivity contribution in [2.75, 3.05) is 0 Å². The first-order valence-electron chi connectivity index (χ1n) is 3.88. The lowest BCUT2D eigenvalue weighted by Gasteiger charge is -2.15. The van der Waals surface area contributed by atoms with Gasteiger partial charge in [0.2, 0.25) is 0 Å². The lowest BCUT2D eigenvalue weighted by atomic mass is 10.3. The molecule has 1 aromatic carbocycles. The van der Waals surface area contributed by atoms with E-state index in [4.69, 9.17) is 0 Å². The van der Waals surface area contributed by atoms with Crippen LogP contribution >= 0.6 is 31.9 Å². The van der Waals surface area contributed by atoms with Gasteiger partial charge < -0.3 is 9.47 Å². The molecule has 1 rings (SSSR count). The molecule has 0 spiro atoms. The summed E-state index contributed by atoms with van der Waals surface area (Å²) in [6.45, 7) is -3.26. The molecule has 0 amide bonds. The van der Waals surface area contributed by atoms with Gasteiger partial charge in [0.05, 0.1) is 4.47 Å². The second-order valence-corrected chi connectivity index (χ2v) is 4.41. The second kappa shape index (κ2) is 5.38.